The van der Waals surface area contributed by atoms with Gasteiger partial charge < -0.3 is 9.84 Å². The molecule has 5 heteroatoms. The van der Waals surface area contributed by atoms with E-state index in [9.17, 15) is 14.7 Å². The molecule has 20 heavy (non-hydrogen) atoms. The van der Waals surface area contributed by atoms with Crippen LogP contribution in [0.2, 0.25) is 0 Å². The number of aliphatic hydroxyl groups excluding tert-OH is 1. The maximum atomic E-state index is 11.8. The van der Waals surface area contributed by atoms with Crippen LogP contribution in [0.15, 0.2) is 24.3 Å². The van der Waals surface area contributed by atoms with Crippen LogP contribution in [0.1, 0.15) is 29.9 Å². The average molecular weight is 275 g/mol. The van der Waals surface area contributed by atoms with Crippen molar-refractivity contribution in [1.29, 1.82) is 0 Å². The number of nitrogens with zero attached hydrogens (tertiary/aromatic N) is 1. The van der Waals surface area contributed by atoms with Gasteiger partial charge in [0.2, 0.25) is 5.91 Å². The number of ether oxygens (including phenoxy) is 1. The second-order valence-corrected chi connectivity index (χ2v) is 4.44. The fourth-order valence-corrected chi connectivity index (χ4v) is 2.44. The molecule has 0 amide bonds. The van der Waals surface area contributed by atoms with Gasteiger partial charge in [0.15, 0.2) is 0 Å². The molecule has 2 aromatic rings. The van der Waals surface area contributed by atoms with E-state index in [1.807, 2.05) is 18.2 Å². The minimum Gasteiger partial charge on any atom is -0.466 e. The van der Waals surface area contributed by atoms with E-state index in [-0.39, 0.29) is 24.9 Å². The lowest BCUT2D eigenvalue weighted by Crippen LogP contribution is -2.13. The zero-order chi connectivity index (χ0) is 14.7. The quantitative estimate of drug-likeness (QED) is 0.865. The van der Waals surface area contributed by atoms with Crippen LogP contribution in [-0.2, 0) is 22.6 Å². The number of carbonyl (C=O) groups excluding carboxylic acids is 2. The molecule has 5 nitrogen and oxygen atoms in total. The monoisotopic (exact) mass is 275 g/mol. The Kier molecular flexibility index (Phi) is 4.20. The van der Waals surface area contributed by atoms with Crippen LogP contribution >= 0.6 is 0 Å². The van der Waals surface area contributed by atoms with Gasteiger partial charge in [0.05, 0.1) is 30.8 Å². The molecule has 0 saturated heterocycles. The fourth-order valence-electron chi connectivity index (χ4n) is 2.44. The van der Waals surface area contributed by atoms with E-state index in [4.69, 9.17) is 4.74 Å². The van der Waals surface area contributed by atoms with E-state index in [0.717, 1.165) is 5.39 Å². The van der Waals surface area contributed by atoms with E-state index in [1.165, 1.54) is 11.5 Å². The first-order chi connectivity index (χ1) is 9.60. The van der Waals surface area contributed by atoms with Gasteiger partial charge in [-0.25, -0.2) is 0 Å². The summed E-state index contributed by atoms with van der Waals surface area (Å²) in [6.45, 7) is 3.17. The highest BCUT2D eigenvalue weighted by Crippen LogP contribution is 2.27. The number of rotatable bonds is 4. The van der Waals surface area contributed by atoms with Crippen LogP contribution in [0.25, 0.3) is 10.9 Å². The van der Waals surface area contributed by atoms with Crippen LogP contribution in [0.4, 0.5) is 0 Å². The predicted molar refractivity (Wildman–Crippen MR) is 74.5 cm³/mol. The van der Waals surface area contributed by atoms with Gasteiger partial charge in [0.25, 0.3) is 0 Å². The van der Waals surface area contributed by atoms with Crippen LogP contribution in [0.3, 0.4) is 0 Å². The highest BCUT2D eigenvalue weighted by Gasteiger charge is 2.20. The van der Waals surface area contributed by atoms with E-state index in [1.54, 1.807) is 13.0 Å². The summed E-state index contributed by atoms with van der Waals surface area (Å²) in [5.74, 6) is -0.561. The standard InChI is InChI=1S/C15H17NO4/c1-3-20-15(19)8-12-11-6-4-5-7-13(11)16(10(2)18)14(12)9-17/h4-7,17H,3,8-9H2,1-2H3. The molecule has 0 saturated carbocycles. The molecule has 0 atom stereocenters. The Morgan fingerprint density at radius 2 is 2.00 bits per heavy atom. The minimum atomic E-state index is -0.367. The second-order valence-electron chi connectivity index (χ2n) is 4.44. The Morgan fingerprint density at radius 3 is 2.60 bits per heavy atom. The number of para-hydroxylation sites is 1. The Balaban J connectivity index is 2.63. The van der Waals surface area contributed by atoms with Gasteiger partial charge in [-0.05, 0) is 18.6 Å². The molecule has 1 aromatic carbocycles. The molecule has 0 aliphatic heterocycles. The third-order valence-corrected chi connectivity index (χ3v) is 3.18. The van der Waals surface area contributed by atoms with Crippen molar-refractivity contribution in [1.82, 2.24) is 4.57 Å². The molecule has 1 aromatic heterocycles. The van der Waals surface area contributed by atoms with E-state index >= 15 is 0 Å². The van der Waals surface area contributed by atoms with Gasteiger partial charge in [-0.15, -0.1) is 0 Å². The summed E-state index contributed by atoms with van der Waals surface area (Å²) in [6.07, 6.45) is 0.0462. The summed E-state index contributed by atoms with van der Waals surface area (Å²) in [6, 6.07) is 7.28. The third-order valence-electron chi connectivity index (χ3n) is 3.18. The molecule has 1 heterocycles. The van der Waals surface area contributed by atoms with E-state index in [2.05, 4.69) is 0 Å². The Hall–Kier alpha value is -2.14. The summed E-state index contributed by atoms with van der Waals surface area (Å²) >= 11 is 0. The summed E-state index contributed by atoms with van der Waals surface area (Å²) in [5.41, 5.74) is 1.80. The van der Waals surface area contributed by atoms with Gasteiger partial charge in [-0.2, -0.15) is 0 Å². The Morgan fingerprint density at radius 1 is 1.30 bits per heavy atom. The van der Waals surface area contributed by atoms with Crippen molar-refractivity contribution < 1.29 is 19.4 Å². The fraction of sp³-hybridized carbons (Fsp3) is 0.333. The maximum absolute atomic E-state index is 11.8. The highest BCUT2D eigenvalue weighted by atomic mass is 16.5. The number of esters is 1. The second kappa shape index (κ2) is 5.88. The van der Waals surface area contributed by atoms with Crippen molar-refractivity contribution in [2.75, 3.05) is 6.61 Å². The van der Waals surface area contributed by atoms with Gasteiger partial charge in [-0.1, -0.05) is 18.2 Å². The lowest BCUT2D eigenvalue weighted by Gasteiger charge is -2.06. The van der Waals surface area contributed by atoms with E-state index < -0.39 is 0 Å². The zero-order valence-electron chi connectivity index (χ0n) is 11.5. The third kappa shape index (κ3) is 2.44. The van der Waals surface area contributed by atoms with Gasteiger partial charge in [0, 0.05) is 12.3 Å². The molecular formula is C15H17NO4. The number of hydrogen-bond donors (Lipinski definition) is 1. The van der Waals surface area contributed by atoms with Crippen molar-refractivity contribution in [2.45, 2.75) is 26.9 Å². The van der Waals surface area contributed by atoms with Gasteiger partial charge >= 0.3 is 5.97 Å². The van der Waals surface area contributed by atoms with Gasteiger partial charge in [-0.3, -0.25) is 14.2 Å². The number of aromatic nitrogens is 1. The number of aliphatic hydroxyl groups is 1. The van der Waals surface area contributed by atoms with Gasteiger partial charge in [0.1, 0.15) is 0 Å². The summed E-state index contributed by atoms with van der Waals surface area (Å²) in [5, 5.41) is 10.4. The normalized spacial score (nSPS) is 10.8. The minimum absolute atomic E-state index is 0.0462. The average Bonchev–Trinajstić information content (AvgIpc) is 2.73. The number of hydrogen-bond acceptors (Lipinski definition) is 4. The molecule has 0 aliphatic carbocycles. The lowest BCUT2D eigenvalue weighted by atomic mass is 10.1. The molecule has 106 valence electrons. The van der Waals surface area contributed by atoms with Crippen molar-refractivity contribution >= 4 is 22.8 Å². The molecule has 0 aliphatic rings. The number of carbonyl (C=O) groups is 2. The van der Waals surface area contributed by atoms with Crippen molar-refractivity contribution in [3.05, 3.63) is 35.5 Å². The molecule has 0 fully saturated rings. The Bertz CT molecular complexity index is 657. The van der Waals surface area contributed by atoms with Crippen LogP contribution in [0, 0.1) is 0 Å². The summed E-state index contributed by atoms with van der Waals surface area (Å²) < 4.78 is 6.40. The molecule has 0 radical (unpaired) electrons. The van der Waals surface area contributed by atoms with Crippen molar-refractivity contribution in [2.24, 2.45) is 0 Å². The number of fused-ring (bicyclic) bond motifs is 1. The van der Waals surface area contributed by atoms with Crippen LogP contribution in [0.5, 0.6) is 0 Å². The smallest absolute Gasteiger partial charge is 0.310 e. The summed E-state index contributed by atoms with van der Waals surface area (Å²) in [4.78, 5) is 23.5. The maximum Gasteiger partial charge on any atom is 0.310 e. The van der Waals surface area contributed by atoms with Crippen molar-refractivity contribution in [3.63, 3.8) is 0 Å². The first-order valence-corrected chi connectivity index (χ1v) is 6.48. The van der Waals surface area contributed by atoms with Crippen LogP contribution in [-0.4, -0.2) is 28.2 Å². The van der Waals surface area contributed by atoms with Crippen LogP contribution < -0.4 is 0 Å². The molecule has 0 unspecified atom stereocenters. The first-order valence-electron chi connectivity index (χ1n) is 6.48. The molecule has 0 bridgehead atoms. The lowest BCUT2D eigenvalue weighted by molar-refractivity contribution is -0.142. The largest absolute Gasteiger partial charge is 0.466 e. The summed E-state index contributed by atoms with van der Waals surface area (Å²) in [7, 11) is 0. The number of benzene rings is 1. The zero-order valence-corrected chi connectivity index (χ0v) is 11.5. The predicted octanol–water partition coefficient (Wildman–Crippen LogP) is 1.90. The Labute approximate surface area is 116 Å². The molecule has 0 spiro atoms. The molecule has 1 N–H and O–H groups in total. The van der Waals surface area contributed by atoms with Crippen molar-refractivity contribution in [3.8, 4) is 0 Å². The topological polar surface area (TPSA) is 68.5 Å². The van der Waals surface area contributed by atoms with E-state index in [0.29, 0.717) is 23.4 Å². The molecule has 2 rings (SSSR count). The highest BCUT2D eigenvalue weighted by molar-refractivity contribution is 5.96. The first kappa shape index (κ1) is 14.3. The SMILES string of the molecule is CCOC(=O)Cc1c(CO)n(C(C)=O)c2ccccc12. The molecular weight excluding hydrogens is 258 g/mol.